The maximum Gasteiger partial charge on any atom is 0.328 e. The number of morpholine rings is 1. The number of aromatic nitrogens is 2. The highest BCUT2D eigenvalue weighted by Gasteiger charge is 2.33. The molecule has 0 bridgehead atoms. The largest absolute Gasteiger partial charge is 0.480 e. The van der Waals surface area contributed by atoms with Gasteiger partial charge in [0.15, 0.2) is 6.04 Å². The fourth-order valence-corrected chi connectivity index (χ4v) is 2.87. The number of carbonyl (C=O) groups excluding carboxylic acids is 1. The zero-order valence-electron chi connectivity index (χ0n) is 14.2. The van der Waals surface area contributed by atoms with E-state index in [1.807, 2.05) is 18.5 Å². The van der Waals surface area contributed by atoms with Crippen molar-refractivity contribution in [2.45, 2.75) is 46.7 Å². The summed E-state index contributed by atoms with van der Waals surface area (Å²) in [6.07, 6.45) is 0.180. The van der Waals surface area contributed by atoms with E-state index in [1.54, 1.807) is 0 Å². The molecule has 0 aliphatic carbocycles. The molecule has 0 unspecified atom stereocenters. The molecule has 1 amide bonds. The first-order chi connectivity index (χ1) is 10.8. The quantitative estimate of drug-likeness (QED) is 0.874. The average Bonchev–Trinajstić information content (AvgIpc) is 2.74. The third-order valence-electron chi connectivity index (χ3n) is 4.13. The number of rotatable bonds is 5. The molecule has 7 nitrogen and oxygen atoms in total. The van der Waals surface area contributed by atoms with E-state index in [0.29, 0.717) is 19.1 Å². The number of carbonyl (C=O) groups is 2. The standard InChI is InChI=1S/C16H25N3O4/c1-10(2)8-19-12(4)13(11(3)17-19)7-15(20)18-5-6-23-9-14(18)16(21)22/h10,14H,5-9H2,1-4H3,(H,21,22)/t14-/m0/s1. The van der Waals surface area contributed by atoms with Gasteiger partial charge in [-0.2, -0.15) is 5.10 Å². The van der Waals surface area contributed by atoms with Crippen LogP contribution in [0, 0.1) is 19.8 Å². The van der Waals surface area contributed by atoms with Gasteiger partial charge in [0, 0.05) is 24.3 Å². The van der Waals surface area contributed by atoms with E-state index in [1.165, 1.54) is 4.90 Å². The Balaban J connectivity index is 2.16. The molecule has 1 aliphatic heterocycles. The molecule has 0 aromatic carbocycles. The van der Waals surface area contributed by atoms with Gasteiger partial charge in [-0.3, -0.25) is 9.48 Å². The predicted octanol–water partition coefficient (Wildman–Crippen LogP) is 1.01. The number of carboxylic acids is 1. The minimum Gasteiger partial charge on any atom is -0.480 e. The maximum atomic E-state index is 12.6. The molecule has 7 heteroatoms. The first-order valence-electron chi connectivity index (χ1n) is 7.94. The monoisotopic (exact) mass is 323 g/mol. The zero-order valence-corrected chi connectivity index (χ0v) is 14.2. The Bertz CT molecular complexity index is 594. The van der Waals surface area contributed by atoms with Crippen molar-refractivity contribution in [3.05, 3.63) is 17.0 Å². The van der Waals surface area contributed by atoms with E-state index in [-0.39, 0.29) is 18.9 Å². The highest BCUT2D eigenvalue weighted by molar-refractivity contribution is 5.85. The van der Waals surface area contributed by atoms with E-state index >= 15 is 0 Å². The normalized spacial score (nSPS) is 18.5. The van der Waals surface area contributed by atoms with E-state index < -0.39 is 12.0 Å². The predicted molar refractivity (Wildman–Crippen MR) is 84.2 cm³/mol. The van der Waals surface area contributed by atoms with E-state index in [2.05, 4.69) is 18.9 Å². The van der Waals surface area contributed by atoms with Gasteiger partial charge in [0.1, 0.15) is 0 Å². The minimum absolute atomic E-state index is 0.0473. The summed E-state index contributed by atoms with van der Waals surface area (Å²) in [6, 6.07) is -0.900. The Morgan fingerprint density at radius 1 is 1.39 bits per heavy atom. The lowest BCUT2D eigenvalue weighted by Crippen LogP contribution is -2.53. The SMILES string of the molecule is Cc1nn(CC(C)C)c(C)c1CC(=O)N1CCOC[C@H]1C(=O)O. The van der Waals surface area contributed by atoms with Gasteiger partial charge in [0.05, 0.1) is 25.3 Å². The van der Waals surface area contributed by atoms with Gasteiger partial charge >= 0.3 is 5.97 Å². The van der Waals surface area contributed by atoms with Gasteiger partial charge in [0.25, 0.3) is 0 Å². The zero-order chi connectivity index (χ0) is 17.1. The lowest BCUT2D eigenvalue weighted by atomic mass is 10.1. The van der Waals surface area contributed by atoms with Crippen LogP contribution in [0.4, 0.5) is 0 Å². The number of amides is 1. The van der Waals surface area contributed by atoms with Crippen LogP contribution in [0.5, 0.6) is 0 Å². The number of hydrogen-bond acceptors (Lipinski definition) is 4. The van der Waals surface area contributed by atoms with Crippen LogP contribution < -0.4 is 0 Å². The summed E-state index contributed by atoms with van der Waals surface area (Å²) in [6.45, 7) is 9.62. The van der Waals surface area contributed by atoms with Crippen LogP contribution in [0.1, 0.15) is 30.8 Å². The van der Waals surface area contributed by atoms with Gasteiger partial charge in [0.2, 0.25) is 5.91 Å². The number of aliphatic carboxylic acids is 1. The van der Waals surface area contributed by atoms with Gasteiger partial charge in [-0.1, -0.05) is 13.8 Å². The molecule has 2 rings (SSSR count). The third kappa shape index (κ3) is 3.90. The van der Waals surface area contributed by atoms with E-state index in [0.717, 1.165) is 23.5 Å². The highest BCUT2D eigenvalue weighted by atomic mass is 16.5. The molecule has 0 spiro atoms. The molecular formula is C16H25N3O4. The van der Waals surface area contributed by atoms with Gasteiger partial charge in [-0.25, -0.2) is 4.79 Å². The Labute approximate surface area is 136 Å². The summed E-state index contributed by atoms with van der Waals surface area (Å²) >= 11 is 0. The van der Waals surface area contributed by atoms with Crippen molar-refractivity contribution in [3.8, 4) is 0 Å². The Morgan fingerprint density at radius 2 is 2.09 bits per heavy atom. The summed E-state index contributed by atoms with van der Waals surface area (Å²) in [7, 11) is 0. The second-order valence-electron chi connectivity index (χ2n) is 6.42. The first-order valence-corrected chi connectivity index (χ1v) is 7.94. The van der Waals surface area contributed by atoms with Crippen LogP contribution in [0.2, 0.25) is 0 Å². The molecule has 1 atom stereocenters. The molecule has 1 fully saturated rings. The van der Waals surface area contributed by atoms with Crippen molar-refractivity contribution in [3.63, 3.8) is 0 Å². The number of aryl methyl sites for hydroxylation is 1. The topological polar surface area (TPSA) is 84.7 Å². The Kier molecular flexibility index (Phi) is 5.41. The third-order valence-corrected chi connectivity index (χ3v) is 4.13. The van der Waals surface area contributed by atoms with Crippen molar-refractivity contribution >= 4 is 11.9 Å². The number of hydrogen-bond donors (Lipinski definition) is 1. The molecule has 1 N–H and O–H groups in total. The molecule has 2 heterocycles. The van der Waals surface area contributed by atoms with Crippen LogP contribution in [0.25, 0.3) is 0 Å². The summed E-state index contributed by atoms with van der Waals surface area (Å²) < 4.78 is 7.11. The van der Waals surface area contributed by atoms with Crippen LogP contribution in [0.15, 0.2) is 0 Å². The average molecular weight is 323 g/mol. The molecule has 1 aromatic rings. The molecule has 23 heavy (non-hydrogen) atoms. The lowest BCUT2D eigenvalue weighted by molar-refractivity contribution is -0.158. The van der Waals surface area contributed by atoms with Crippen molar-refractivity contribution in [2.24, 2.45) is 5.92 Å². The van der Waals surface area contributed by atoms with E-state index in [4.69, 9.17) is 4.74 Å². The molecule has 1 aliphatic rings. The van der Waals surface area contributed by atoms with Gasteiger partial charge in [-0.05, 0) is 19.8 Å². The number of nitrogens with zero attached hydrogens (tertiary/aromatic N) is 3. The fraction of sp³-hybridized carbons (Fsp3) is 0.688. The first kappa shape index (κ1) is 17.5. The van der Waals surface area contributed by atoms with Crippen molar-refractivity contribution in [2.75, 3.05) is 19.8 Å². The Hall–Kier alpha value is -1.89. The van der Waals surface area contributed by atoms with Crippen molar-refractivity contribution in [1.82, 2.24) is 14.7 Å². The second kappa shape index (κ2) is 7.12. The fourth-order valence-electron chi connectivity index (χ4n) is 2.87. The number of carboxylic acid groups (broad SMARTS) is 1. The Morgan fingerprint density at radius 3 is 2.70 bits per heavy atom. The molecule has 1 aromatic heterocycles. The number of ether oxygens (including phenoxy) is 1. The van der Waals surface area contributed by atoms with Crippen LogP contribution >= 0.6 is 0 Å². The molecule has 0 radical (unpaired) electrons. The lowest BCUT2D eigenvalue weighted by Gasteiger charge is -2.33. The maximum absolute atomic E-state index is 12.6. The summed E-state index contributed by atoms with van der Waals surface area (Å²) in [5, 5.41) is 13.8. The summed E-state index contributed by atoms with van der Waals surface area (Å²) in [4.78, 5) is 25.3. The molecule has 128 valence electrons. The van der Waals surface area contributed by atoms with Crippen LogP contribution in [-0.4, -0.2) is 57.5 Å². The molecule has 1 saturated heterocycles. The van der Waals surface area contributed by atoms with E-state index in [9.17, 15) is 14.7 Å². The van der Waals surface area contributed by atoms with Crippen LogP contribution in [0.3, 0.4) is 0 Å². The van der Waals surface area contributed by atoms with Crippen molar-refractivity contribution < 1.29 is 19.4 Å². The van der Waals surface area contributed by atoms with Gasteiger partial charge in [-0.15, -0.1) is 0 Å². The molecule has 0 saturated carbocycles. The minimum atomic E-state index is -1.03. The smallest absolute Gasteiger partial charge is 0.328 e. The second-order valence-corrected chi connectivity index (χ2v) is 6.42. The molecular weight excluding hydrogens is 298 g/mol. The van der Waals surface area contributed by atoms with Crippen molar-refractivity contribution in [1.29, 1.82) is 0 Å². The highest BCUT2D eigenvalue weighted by Crippen LogP contribution is 2.18. The summed E-state index contributed by atoms with van der Waals surface area (Å²) in [5.41, 5.74) is 2.70. The summed E-state index contributed by atoms with van der Waals surface area (Å²) in [5.74, 6) is -0.745. The van der Waals surface area contributed by atoms with Crippen LogP contribution in [-0.2, 0) is 27.3 Å². The van der Waals surface area contributed by atoms with Gasteiger partial charge < -0.3 is 14.7 Å².